The maximum atomic E-state index is 12.8. The molecule has 3 aromatic rings. The number of alkyl halides is 3. The van der Waals surface area contributed by atoms with Crippen LogP contribution in [0.25, 0.3) is 11.4 Å². The van der Waals surface area contributed by atoms with E-state index in [0.717, 1.165) is 12.1 Å². The number of carbonyl (C=O) groups is 2. The molecule has 1 aromatic heterocycles. The van der Waals surface area contributed by atoms with E-state index in [1.807, 2.05) is 0 Å². The van der Waals surface area contributed by atoms with Crippen molar-refractivity contribution in [2.45, 2.75) is 25.9 Å². The number of carbonyl (C=O) groups excluding carboxylic acids is 2. The first-order valence-corrected chi connectivity index (χ1v) is 8.88. The molecule has 0 fully saturated rings. The van der Waals surface area contributed by atoms with Crippen molar-refractivity contribution in [1.29, 1.82) is 0 Å². The van der Waals surface area contributed by atoms with Gasteiger partial charge in [0.25, 0.3) is 0 Å². The lowest BCUT2D eigenvalue weighted by molar-refractivity contribution is -0.137. The van der Waals surface area contributed by atoms with Crippen molar-refractivity contribution in [2.24, 2.45) is 0 Å². The molecule has 30 heavy (non-hydrogen) atoms. The van der Waals surface area contributed by atoms with Gasteiger partial charge in [0.05, 0.1) is 5.56 Å². The van der Waals surface area contributed by atoms with Crippen LogP contribution in [0.1, 0.15) is 24.8 Å². The second-order valence-electron chi connectivity index (χ2n) is 6.40. The number of amides is 2. The maximum absolute atomic E-state index is 12.8. The van der Waals surface area contributed by atoms with Crippen LogP contribution in [0.15, 0.2) is 53.1 Å². The second-order valence-corrected chi connectivity index (χ2v) is 6.40. The fourth-order valence-electron chi connectivity index (χ4n) is 2.59. The molecular weight excluding hydrogens is 401 g/mol. The molecule has 0 aliphatic heterocycles. The van der Waals surface area contributed by atoms with Crippen LogP contribution in [0.3, 0.4) is 0 Å². The van der Waals surface area contributed by atoms with Crippen LogP contribution in [-0.4, -0.2) is 22.0 Å². The Labute approximate surface area is 169 Å². The third kappa shape index (κ3) is 5.66. The zero-order valence-corrected chi connectivity index (χ0v) is 15.8. The Hall–Kier alpha value is -3.69. The van der Waals surface area contributed by atoms with Gasteiger partial charge in [0, 0.05) is 36.7 Å². The zero-order valence-electron chi connectivity index (χ0n) is 15.8. The Balaban J connectivity index is 1.56. The molecule has 2 N–H and O–H groups in total. The number of hydrogen-bond acceptors (Lipinski definition) is 5. The fraction of sp³-hybridized carbons (Fsp3) is 0.200. The van der Waals surface area contributed by atoms with Gasteiger partial charge in [-0.2, -0.15) is 18.2 Å². The van der Waals surface area contributed by atoms with Gasteiger partial charge < -0.3 is 15.2 Å². The number of halogens is 3. The molecule has 10 heteroatoms. The standard InChI is InChI=1S/C20H17F3N4O3/c1-12(28)24-15-5-7-16(8-6-15)25-17(29)9-10-18-26-19(27-30-18)13-3-2-4-14(11-13)20(21,22)23/h2-8,11H,9-10H2,1H3,(H,24,28)(H,25,29). The van der Waals surface area contributed by atoms with Crippen LogP contribution in [-0.2, 0) is 22.2 Å². The van der Waals surface area contributed by atoms with Crippen LogP contribution in [0.5, 0.6) is 0 Å². The molecule has 0 unspecified atom stereocenters. The van der Waals surface area contributed by atoms with Gasteiger partial charge in [-0.15, -0.1) is 0 Å². The van der Waals surface area contributed by atoms with Gasteiger partial charge >= 0.3 is 6.18 Å². The Morgan fingerprint density at radius 3 is 2.33 bits per heavy atom. The van der Waals surface area contributed by atoms with Crippen molar-refractivity contribution >= 4 is 23.2 Å². The number of nitrogens with one attached hydrogen (secondary N) is 2. The van der Waals surface area contributed by atoms with Crippen molar-refractivity contribution in [3.63, 3.8) is 0 Å². The van der Waals surface area contributed by atoms with Gasteiger partial charge in [-0.1, -0.05) is 17.3 Å². The first-order valence-electron chi connectivity index (χ1n) is 8.88. The van der Waals surface area contributed by atoms with Crippen LogP contribution in [0.4, 0.5) is 24.5 Å². The topological polar surface area (TPSA) is 97.1 Å². The van der Waals surface area contributed by atoms with E-state index in [1.165, 1.54) is 19.1 Å². The minimum atomic E-state index is -4.47. The highest BCUT2D eigenvalue weighted by atomic mass is 19.4. The largest absolute Gasteiger partial charge is 0.416 e. The Bertz CT molecular complexity index is 1050. The molecule has 0 atom stereocenters. The first kappa shape index (κ1) is 21.0. The van der Waals surface area contributed by atoms with Crippen molar-refractivity contribution in [3.05, 3.63) is 60.0 Å². The summed E-state index contributed by atoms with van der Waals surface area (Å²) >= 11 is 0. The molecule has 7 nitrogen and oxygen atoms in total. The van der Waals surface area contributed by atoms with Gasteiger partial charge in [0.15, 0.2) is 0 Å². The third-order valence-corrected chi connectivity index (χ3v) is 3.97. The number of rotatable bonds is 6. The van der Waals surface area contributed by atoms with Crippen molar-refractivity contribution < 1.29 is 27.3 Å². The minimum Gasteiger partial charge on any atom is -0.339 e. The summed E-state index contributed by atoms with van der Waals surface area (Å²) in [4.78, 5) is 27.1. The van der Waals surface area contributed by atoms with Crippen LogP contribution in [0.2, 0.25) is 0 Å². The molecule has 0 bridgehead atoms. The predicted molar refractivity (Wildman–Crippen MR) is 102 cm³/mol. The van der Waals surface area contributed by atoms with E-state index in [0.29, 0.717) is 11.4 Å². The summed E-state index contributed by atoms with van der Waals surface area (Å²) in [5.41, 5.74) is 0.511. The molecule has 2 aromatic carbocycles. The van der Waals surface area contributed by atoms with Gasteiger partial charge in [0.2, 0.25) is 23.5 Å². The number of anilines is 2. The van der Waals surface area contributed by atoms with Gasteiger partial charge in [-0.25, -0.2) is 0 Å². The quantitative estimate of drug-likeness (QED) is 0.623. The minimum absolute atomic E-state index is 0.0186. The second kappa shape index (κ2) is 8.76. The molecule has 2 amide bonds. The highest BCUT2D eigenvalue weighted by Gasteiger charge is 2.30. The van der Waals surface area contributed by atoms with Crippen LogP contribution < -0.4 is 10.6 Å². The molecule has 0 saturated carbocycles. The molecule has 0 aliphatic carbocycles. The summed E-state index contributed by atoms with van der Waals surface area (Å²) in [6, 6.07) is 11.2. The highest BCUT2D eigenvalue weighted by molar-refractivity contribution is 5.92. The van der Waals surface area contributed by atoms with Gasteiger partial charge in [0.1, 0.15) is 0 Å². The number of hydrogen-bond donors (Lipinski definition) is 2. The monoisotopic (exact) mass is 418 g/mol. The van der Waals surface area contributed by atoms with Crippen LogP contribution in [0, 0.1) is 0 Å². The van der Waals surface area contributed by atoms with Gasteiger partial charge in [-0.3, -0.25) is 9.59 Å². The van der Waals surface area contributed by atoms with E-state index in [4.69, 9.17) is 4.52 Å². The summed E-state index contributed by atoms with van der Waals surface area (Å²) in [7, 11) is 0. The fourth-order valence-corrected chi connectivity index (χ4v) is 2.59. The molecule has 0 aliphatic rings. The molecule has 0 saturated heterocycles. The van der Waals surface area contributed by atoms with Crippen molar-refractivity contribution in [3.8, 4) is 11.4 Å². The molecular formula is C20H17F3N4O3. The SMILES string of the molecule is CC(=O)Nc1ccc(NC(=O)CCc2nc(-c3cccc(C(F)(F)F)c3)no2)cc1. The summed E-state index contributed by atoms with van der Waals surface area (Å²) in [6.45, 7) is 1.39. The summed E-state index contributed by atoms with van der Waals surface area (Å²) in [5.74, 6) is -0.347. The summed E-state index contributed by atoms with van der Waals surface area (Å²) in [5, 5.41) is 8.99. The molecule has 0 radical (unpaired) electrons. The van der Waals surface area contributed by atoms with Gasteiger partial charge in [-0.05, 0) is 36.4 Å². The highest BCUT2D eigenvalue weighted by Crippen LogP contribution is 2.31. The summed E-state index contributed by atoms with van der Waals surface area (Å²) in [6.07, 6.45) is -4.31. The van der Waals surface area contributed by atoms with E-state index in [-0.39, 0.29) is 41.9 Å². The average molecular weight is 418 g/mol. The third-order valence-electron chi connectivity index (χ3n) is 3.97. The number of benzene rings is 2. The number of aromatic nitrogens is 2. The van der Waals surface area contributed by atoms with E-state index in [1.54, 1.807) is 24.3 Å². The Kier molecular flexibility index (Phi) is 6.14. The normalized spacial score (nSPS) is 11.2. The van der Waals surface area contributed by atoms with E-state index in [2.05, 4.69) is 20.8 Å². The predicted octanol–water partition coefficient (Wildman–Crippen LogP) is 4.29. The Morgan fingerprint density at radius 2 is 1.70 bits per heavy atom. The zero-order chi connectivity index (χ0) is 21.7. The lowest BCUT2D eigenvalue weighted by Gasteiger charge is -2.06. The van der Waals surface area contributed by atoms with E-state index < -0.39 is 11.7 Å². The number of aryl methyl sites for hydroxylation is 1. The smallest absolute Gasteiger partial charge is 0.339 e. The van der Waals surface area contributed by atoms with Crippen LogP contribution >= 0.6 is 0 Å². The molecule has 0 spiro atoms. The lowest BCUT2D eigenvalue weighted by atomic mass is 10.1. The maximum Gasteiger partial charge on any atom is 0.416 e. The average Bonchev–Trinajstić information content (AvgIpc) is 3.16. The van der Waals surface area contributed by atoms with Crippen molar-refractivity contribution in [1.82, 2.24) is 10.1 Å². The lowest BCUT2D eigenvalue weighted by Crippen LogP contribution is -2.12. The molecule has 156 valence electrons. The molecule has 3 rings (SSSR count). The summed E-state index contributed by atoms with van der Waals surface area (Å²) < 4.78 is 43.5. The van der Waals surface area contributed by atoms with Crippen molar-refractivity contribution in [2.75, 3.05) is 10.6 Å². The Morgan fingerprint density at radius 1 is 1.03 bits per heavy atom. The number of nitrogens with zero attached hydrogens (tertiary/aromatic N) is 2. The molecule has 1 heterocycles. The van der Waals surface area contributed by atoms with E-state index >= 15 is 0 Å². The van der Waals surface area contributed by atoms with E-state index in [9.17, 15) is 22.8 Å². The first-order chi connectivity index (χ1) is 14.2.